The summed E-state index contributed by atoms with van der Waals surface area (Å²) in [5.74, 6) is 5.64. The molecule has 1 rings (SSSR count). The predicted molar refractivity (Wildman–Crippen MR) is 83.9 cm³/mol. The Balaban J connectivity index is 2.08. The van der Waals surface area contributed by atoms with E-state index in [4.69, 9.17) is 5.84 Å². The molecule has 0 saturated carbocycles. The Kier molecular flexibility index (Phi) is 9.38. The molecule has 2 nitrogen and oxygen atoms in total. The Hall–Kier alpha value is -0.860. The summed E-state index contributed by atoms with van der Waals surface area (Å²) in [5, 5.41) is 0. The van der Waals surface area contributed by atoms with E-state index in [2.05, 4.69) is 42.7 Å². The van der Waals surface area contributed by atoms with E-state index in [0.717, 1.165) is 6.42 Å². The van der Waals surface area contributed by atoms with Gasteiger partial charge in [-0.05, 0) is 31.2 Å². The Labute approximate surface area is 118 Å². The fourth-order valence-electron chi connectivity index (χ4n) is 2.50. The van der Waals surface area contributed by atoms with E-state index < -0.39 is 0 Å². The van der Waals surface area contributed by atoms with Crippen molar-refractivity contribution in [3.05, 3.63) is 35.9 Å². The first-order chi connectivity index (χ1) is 9.36. The van der Waals surface area contributed by atoms with Crippen molar-refractivity contribution < 1.29 is 0 Å². The van der Waals surface area contributed by atoms with Crippen LogP contribution in [0.2, 0.25) is 0 Å². The first kappa shape index (κ1) is 16.2. The zero-order chi connectivity index (χ0) is 13.8. The third-order valence-corrected chi connectivity index (χ3v) is 3.75. The predicted octanol–water partition coefficient (Wildman–Crippen LogP) is 4.20. The molecule has 3 N–H and O–H groups in total. The summed E-state index contributed by atoms with van der Waals surface area (Å²) in [7, 11) is 0. The van der Waals surface area contributed by atoms with Crippen LogP contribution < -0.4 is 11.3 Å². The van der Waals surface area contributed by atoms with Gasteiger partial charge in [0.2, 0.25) is 0 Å². The van der Waals surface area contributed by atoms with Crippen molar-refractivity contribution in [3.8, 4) is 0 Å². The van der Waals surface area contributed by atoms with E-state index in [1.165, 1.54) is 56.9 Å². The van der Waals surface area contributed by atoms with Gasteiger partial charge in [-0.15, -0.1) is 0 Å². The van der Waals surface area contributed by atoms with E-state index >= 15 is 0 Å². The molecule has 19 heavy (non-hydrogen) atoms. The fraction of sp³-hybridized carbons (Fsp3) is 0.647. The van der Waals surface area contributed by atoms with Gasteiger partial charge in [-0.25, -0.2) is 0 Å². The normalized spacial score (nSPS) is 12.5. The minimum atomic E-state index is 0.491. The molecule has 1 aromatic rings. The lowest BCUT2D eigenvalue weighted by atomic mass is 10.0. The van der Waals surface area contributed by atoms with E-state index in [1.807, 2.05) is 0 Å². The fourth-order valence-corrected chi connectivity index (χ4v) is 2.50. The van der Waals surface area contributed by atoms with Crippen LogP contribution in [0.4, 0.5) is 0 Å². The number of rotatable bonds is 11. The van der Waals surface area contributed by atoms with Crippen LogP contribution in [0.3, 0.4) is 0 Å². The molecular formula is C17H30N2. The standard InChI is InChI=1S/C17H30N2/c1-2-3-4-5-9-14-17(19-18)15-10-13-16-11-7-6-8-12-16/h6-8,11-12,17,19H,2-5,9-10,13-15,18H2,1H3. The van der Waals surface area contributed by atoms with E-state index in [9.17, 15) is 0 Å². The minimum absolute atomic E-state index is 0.491. The first-order valence-electron chi connectivity index (χ1n) is 7.87. The summed E-state index contributed by atoms with van der Waals surface area (Å²) in [4.78, 5) is 0. The van der Waals surface area contributed by atoms with Gasteiger partial charge in [0.25, 0.3) is 0 Å². The summed E-state index contributed by atoms with van der Waals surface area (Å²) in [6, 6.07) is 11.2. The van der Waals surface area contributed by atoms with Gasteiger partial charge in [-0.3, -0.25) is 11.3 Å². The van der Waals surface area contributed by atoms with Crippen molar-refractivity contribution in [1.29, 1.82) is 0 Å². The molecule has 0 heterocycles. The van der Waals surface area contributed by atoms with Gasteiger partial charge in [-0.1, -0.05) is 69.4 Å². The minimum Gasteiger partial charge on any atom is -0.271 e. The number of hydrogen-bond acceptors (Lipinski definition) is 2. The van der Waals surface area contributed by atoms with Crippen molar-refractivity contribution in [2.75, 3.05) is 0 Å². The molecular weight excluding hydrogens is 232 g/mol. The summed E-state index contributed by atoms with van der Waals surface area (Å²) < 4.78 is 0. The van der Waals surface area contributed by atoms with E-state index in [0.29, 0.717) is 6.04 Å². The molecule has 1 aromatic carbocycles. The molecule has 1 unspecified atom stereocenters. The molecule has 1 atom stereocenters. The van der Waals surface area contributed by atoms with Gasteiger partial charge in [0.15, 0.2) is 0 Å². The second kappa shape index (κ2) is 11.0. The number of nitrogens with one attached hydrogen (secondary N) is 1. The van der Waals surface area contributed by atoms with Crippen LogP contribution in [-0.4, -0.2) is 6.04 Å². The zero-order valence-electron chi connectivity index (χ0n) is 12.4. The zero-order valence-corrected chi connectivity index (χ0v) is 12.4. The largest absolute Gasteiger partial charge is 0.271 e. The molecule has 0 saturated heterocycles. The van der Waals surface area contributed by atoms with Gasteiger partial charge in [0.1, 0.15) is 0 Å². The Morgan fingerprint density at radius 1 is 0.947 bits per heavy atom. The Morgan fingerprint density at radius 3 is 2.32 bits per heavy atom. The molecule has 108 valence electrons. The lowest BCUT2D eigenvalue weighted by Gasteiger charge is -2.15. The average molecular weight is 262 g/mol. The third-order valence-electron chi connectivity index (χ3n) is 3.75. The van der Waals surface area contributed by atoms with Crippen molar-refractivity contribution in [1.82, 2.24) is 5.43 Å². The maximum Gasteiger partial charge on any atom is 0.0210 e. The Morgan fingerprint density at radius 2 is 1.63 bits per heavy atom. The average Bonchev–Trinajstić information content (AvgIpc) is 2.46. The van der Waals surface area contributed by atoms with Crippen LogP contribution in [0.1, 0.15) is 63.9 Å². The van der Waals surface area contributed by atoms with Gasteiger partial charge < -0.3 is 0 Å². The van der Waals surface area contributed by atoms with Crippen LogP contribution in [0.25, 0.3) is 0 Å². The van der Waals surface area contributed by atoms with Gasteiger partial charge >= 0.3 is 0 Å². The smallest absolute Gasteiger partial charge is 0.0210 e. The van der Waals surface area contributed by atoms with Crippen LogP contribution in [0, 0.1) is 0 Å². The van der Waals surface area contributed by atoms with Crippen molar-refractivity contribution >= 4 is 0 Å². The summed E-state index contributed by atoms with van der Waals surface area (Å²) in [5.41, 5.74) is 4.41. The summed E-state index contributed by atoms with van der Waals surface area (Å²) in [6.45, 7) is 2.26. The number of benzene rings is 1. The number of nitrogens with two attached hydrogens (primary N) is 1. The quantitative estimate of drug-likeness (QED) is 0.356. The molecule has 0 aliphatic carbocycles. The van der Waals surface area contributed by atoms with Crippen molar-refractivity contribution in [2.24, 2.45) is 5.84 Å². The van der Waals surface area contributed by atoms with E-state index in [-0.39, 0.29) is 0 Å². The van der Waals surface area contributed by atoms with Crippen molar-refractivity contribution in [2.45, 2.75) is 70.8 Å². The highest BCUT2D eigenvalue weighted by Gasteiger charge is 2.06. The maximum atomic E-state index is 5.64. The summed E-state index contributed by atoms with van der Waals surface area (Å²) in [6.07, 6.45) is 11.5. The SMILES string of the molecule is CCCCCCCC(CCCc1ccccc1)NN. The second-order valence-electron chi connectivity index (χ2n) is 5.44. The highest BCUT2D eigenvalue weighted by atomic mass is 15.2. The number of aryl methyl sites for hydroxylation is 1. The van der Waals surface area contributed by atoms with Crippen LogP contribution in [0.15, 0.2) is 30.3 Å². The molecule has 0 fully saturated rings. The van der Waals surface area contributed by atoms with Gasteiger partial charge in [-0.2, -0.15) is 0 Å². The topological polar surface area (TPSA) is 38.0 Å². The number of hydrazine groups is 1. The molecule has 0 radical (unpaired) electrons. The molecule has 0 bridgehead atoms. The first-order valence-corrected chi connectivity index (χ1v) is 7.87. The van der Waals surface area contributed by atoms with E-state index in [1.54, 1.807) is 0 Å². The highest BCUT2D eigenvalue weighted by Crippen LogP contribution is 2.12. The molecule has 2 heteroatoms. The van der Waals surface area contributed by atoms with Gasteiger partial charge in [0.05, 0.1) is 0 Å². The maximum absolute atomic E-state index is 5.64. The number of unbranched alkanes of at least 4 members (excludes halogenated alkanes) is 4. The lowest BCUT2D eigenvalue weighted by molar-refractivity contribution is 0.429. The molecule has 0 amide bonds. The van der Waals surface area contributed by atoms with Crippen LogP contribution in [0.5, 0.6) is 0 Å². The molecule has 0 aromatic heterocycles. The Bertz CT molecular complexity index is 297. The second-order valence-corrected chi connectivity index (χ2v) is 5.44. The van der Waals surface area contributed by atoms with Crippen LogP contribution in [-0.2, 0) is 6.42 Å². The lowest BCUT2D eigenvalue weighted by Crippen LogP contribution is -2.35. The molecule has 0 aliphatic rings. The third kappa shape index (κ3) is 8.02. The van der Waals surface area contributed by atoms with Gasteiger partial charge in [0, 0.05) is 6.04 Å². The summed E-state index contributed by atoms with van der Waals surface area (Å²) >= 11 is 0. The van der Waals surface area contributed by atoms with Crippen molar-refractivity contribution in [3.63, 3.8) is 0 Å². The van der Waals surface area contributed by atoms with Crippen LogP contribution >= 0.6 is 0 Å². The highest BCUT2D eigenvalue weighted by molar-refractivity contribution is 5.14. The molecule has 0 aliphatic heterocycles. The molecule has 0 spiro atoms. The number of hydrogen-bond donors (Lipinski definition) is 2. The monoisotopic (exact) mass is 262 g/mol.